The van der Waals surface area contributed by atoms with Gasteiger partial charge in [-0.05, 0) is 31.4 Å². The van der Waals surface area contributed by atoms with Gasteiger partial charge in [0, 0.05) is 12.2 Å². The molecule has 1 N–H and O–H groups in total. The second kappa shape index (κ2) is 9.05. The molecule has 1 rings (SSSR count). The molecule has 19 heavy (non-hydrogen) atoms. The molecular weight excluding hydrogens is 241 g/mol. The Morgan fingerprint density at radius 2 is 2.00 bits per heavy atom. The van der Waals surface area contributed by atoms with Crippen molar-refractivity contribution in [2.24, 2.45) is 5.92 Å². The van der Waals surface area contributed by atoms with Gasteiger partial charge in [0.15, 0.2) is 0 Å². The van der Waals surface area contributed by atoms with Crippen molar-refractivity contribution in [3.63, 3.8) is 0 Å². The van der Waals surface area contributed by atoms with Gasteiger partial charge < -0.3 is 10.1 Å². The van der Waals surface area contributed by atoms with E-state index in [-0.39, 0.29) is 11.9 Å². The number of nitrogens with one attached hydrogen (secondary N) is 1. The van der Waals surface area contributed by atoms with Crippen molar-refractivity contribution in [2.45, 2.75) is 39.7 Å². The second-order valence-corrected chi connectivity index (χ2v) is 5.24. The summed E-state index contributed by atoms with van der Waals surface area (Å²) < 4.78 is 19.4. The lowest BCUT2D eigenvalue weighted by atomic mass is 10.1. The van der Waals surface area contributed by atoms with Crippen LogP contribution in [0.4, 0.5) is 4.39 Å². The minimum absolute atomic E-state index is 0.0646. The molecule has 0 saturated heterocycles. The van der Waals surface area contributed by atoms with Crippen LogP contribution in [0.5, 0.6) is 0 Å². The van der Waals surface area contributed by atoms with E-state index in [2.05, 4.69) is 19.2 Å². The van der Waals surface area contributed by atoms with Crippen molar-refractivity contribution >= 4 is 0 Å². The lowest BCUT2D eigenvalue weighted by Crippen LogP contribution is -2.26. The normalized spacial score (nSPS) is 12.9. The summed E-state index contributed by atoms with van der Waals surface area (Å²) in [6.07, 6.45) is 2.24. The predicted molar refractivity (Wildman–Crippen MR) is 77.7 cm³/mol. The van der Waals surface area contributed by atoms with Crippen molar-refractivity contribution < 1.29 is 9.13 Å². The molecule has 0 aliphatic heterocycles. The maximum atomic E-state index is 13.7. The van der Waals surface area contributed by atoms with E-state index in [0.717, 1.165) is 19.6 Å². The van der Waals surface area contributed by atoms with Crippen molar-refractivity contribution in [3.8, 4) is 0 Å². The third-order valence-corrected chi connectivity index (χ3v) is 3.09. The molecule has 0 amide bonds. The third kappa shape index (κ3) is 6.17. The molecule has 3 heteroatoms. The van der Waals surface area contributed by atoms with Gasteiger partial charge in [0.25, 0.3) is 0 Å². The van der Waals surface area contributed by atoms with Crippen molar-refractivity contribution in [1.82, 2.24) is 5.32 Å². The fourth-order valence-electron chi connectivity index (χ4n) is 2.06. The molecule has 0 fully saturated rings. The molecule has 0 heterocycles. The Hall–Kier alpha value is -0.930. The third-order valence-electron chi connectivity index (χ3n) is 3.09. The van der Waals surface area contributed by atoms with Gasteiger partial charge in [-0.15, -0.1) is 0 Å². The highest BCUT2D eigenvalue weighted by atomic mass is 19.1. The number of hydrogen-bond acceptors (Lipinski definition) is 2. The first-order valence-corrected chi connectivity index (χ1v) is 7.20. The largest absolute Gasteiger partial charge is 0.379 e. The predicted octanol–water partition coefficient (Wildman–Crippen LogP) is 3.93. The summed E-state index contributed by atoms with van der Waals surface area (Å²) in [5.74, 6) is 0.541. The number of benzene rings is 1. The molecule has 0 bridgehead atoms. The summed E-state index contributed by atoms with van der Waals surface area (Å²) in [6.45, 7) is 8.50. The highest BCUT2D eigenvalue weighted by molar-refractivity contribution is 5.21. The van der Waals surface area contributed by atoms with Gasteiger partial charge in [0.05, 0.1) is 12.6 Å². The van der Waals surface area contributed by atoms with E-state index in [9.17, 15) is 4.39 Å². The average Bonchev–Trinajstić information content (AvgIpc) is 2.37. The lowest BCUT2D eigenvalue weighted by molar-refractivity contribution is 0.105. The van der Waals surface area contributed by atoms with Gasteiger partial charge in [-0.1, -0.05) is 39.0 Å². The minimum atomic E-state index is -0.167. The highest BCUT2D eigenvalue weighted by Crippen LogP contribution is 2.17. The molecule has 0 aliphatic carbocycles. The van der Waals surface area contributed by atoms with Crippen LogP contribution in [0.3, 0.4) is 0 Å². The fourth-order valence-corrected chi connectivity index (χ4v) is 2.06. The molecule has 0 aliphatic rings. The van der Waals surface area contributed by atoms with E-state index in [1.807, 2.05) is 19.1 Å². The number of ether oxygens (including phenoxy) is 1. The fraction of sp³-hybridized carbons (Fsp3) is 0.625. The highest BCUT2D eigenvalue weighted by Gasteiger charge is 2.14. The number of halogens is 1. The quantitative estimate of drug-likeness (QED) is 0.684. The van der Waals surface area contributed by atoms with E-state index >= 15 is 0 Å². The second-order valence-electron chi connectivity index (χ2n) is 5.24. The van der Waals surface area contributed by atoms with Gasteiger partial charge in [-0.25, -0.2) is 4.39 Å². The van der Waals surface area contributed by atoms with E-state index in [1.165, 1.54) is 12.5 Å². The molecule has 1 aromatic carbocycles. The summed E-state index contributed by atoms with van der Waals surface area (Å²) in [5.41, 5.74) is 0.688. The molecule has 1 aromatic rings. The molecule has 0 radical (unpaired) electrons. The summed E-state index contributed by atoms with van der Waals surface area (Å²) in [4.78, 5) is 0. The topological polar surface area (TPSA) is 21.3 Å². The number of rotatable bonds is 9. The van der Waals surface area contributed by atoms with Gasteiger partial charge >= 0.3 is 0 Å². The van der Waals surface area contributed by atoms with E-state index in [1.54, 1.807) is 6.07 Å². The molecule has 0 aromatic heterocycles. The maximum Gasteiger partial charge on any atom is 0.128 e. The maximum absolute atomic E-state index is 13.7. The molecule has 0 saturated carbocycles. The number of likely N-dealkylation sites (N-methyl/N-ethyl adjacent to an activating group) is 1. The minimum Gasteiger partial charge on any atom is -0.379 e. The van der Waals surface area contributed by atoms with Crippen LogP contribution >= 0.6 is 0 Å². The first kappa shape index (κ1) is 16.1. The van der Waals surface area contributed by atoms with Crippen LogP contribution < -0.4 is 5.32 Å². The van der Waals surface area contributed by atoms with Crippen LogP contribution in [-0.2, 0) is 4.74 Å². The van der Waals surface area contributed by atoms with Crippen LogP contribution in [0.2, 0.25) is 0 Å². The Bertz CT molecular complexity index is 354. The Morgan fingerprint density at radius 1 is 1.26 bits per heavy atom. The molecule has 1 unspecified atom stereocenters. The van der Waals surface area contributed by atoms with Gasteiger partial charge in [-0.3, -0.25) is 0 Å². The lowest BCUT2D eigenvalue weighted by Gasteiger charge is -2.19. The molecule has 2 nitrogen and oxygen atoms in total. The van der Waals surface area contributed by atoms with Crippen molar-refractivity contribution in [2.75, 3.05) is 19.8 Å². The zero-order valence-corrected chi connectivity index (χ0v) is 12.3. The first-order valence-electron chi connectivity index (χ1n) is 7.20. The summed E-state index contributed by atoms with van der Waals surface area (Å²) in [7, 11) is 0. The van der Waals surface area contributed by atoms with Crippen LogP contribution in [0.15, 0.2) is 24.3 Å². The Morgan fingerprint density at radius 3 is 2.63 bits per heavy atom. The van der Waals surface area contributed by atoms with Gasteiger partial charge in [-0.2, -0.15) is 0 Å². The van der Waals surface area contributed by atoms with E-state index < -0.39 is 0 Å². The number of hydrogen-bond donors (Lipinski definition) is 1. The van der Waals surface area contributed by atoms with Crippen LogP contribution in [0.25, 0.3) is 0 Å². The van der Waals surface area contributed by atoms with Crippen LogP contribution in [0.1, 0.15) is 45.2 Å². The average molecular weight is 267 g/mol. The standard InChI is InChI=1S/C16H26FNO/c1-4-18-16(12-19-11-7-8-13(2)3)14-9-5-6-10-15(14)17/h5-6,9-10,13,16,18H,4,7-8,11-12H2,1-3H3. The monoisotopic (exact) mass is 267 g/mol. The van der Waals surface area contributed by atoms with Crippen LogP contribution in [0, 0.1) is 11.7 Å². The van der Waals surface area contributed by atoms with Crippen molar-refractivity contribution in [1.29, 1.82) is 0 Å². The smallest absolute Gasteiger partial charge is 0.128 e. The first-order chi connectivity index (χ1) is 9.15. The van der Waals surface area contributed by atoms with Crippen molar-refractivity contribution in [3.05, 3.63) is 35.6 Å². The van der Waals surface area contributed by atoms with E-state index in [4.69, 9.17) is 4.74 Å². The van der Waals surface area contributed by atoms with Gasteiger partial charge in [0.1, 0.15) is 5.82 Å². The SMILES string of the molecule is CCNC(COCCCC(C)C)c1ccccc1F. The van der Waals surface area contributed by atoms with E-state index in [0.29, 0.717) is 18.1 Å². The zero-order chi connectivity index (χ0) is 14.1. The molecule has 0 spiro atoms. The summed E-state index contributed by atoms with van der Waals surface area (Å²) in [5, 5.41) is 3.27. The molecule has 1 atom stereocenters. The van der Waals surface area contributed by atoms with Gasteiger partial charge in [0.2, 0.25) is 0 Å². The summed E-state index contributed by atoms with van der Waals surface area (Å²) >= 11 is 0. The molecule has 108 valence electrons. The summed E-state index contributed by atoms with van der Waals surface area (Å²) in [6, 6.07) is 6.83. The zero-order valence-electron chi connectivity index (χ0n) is 12.3. The Labute approximate surface area is 116 Å². The Balaban J connectivity index is 2.43. The molecular formula is C16H26FNO. The van der Waals surface area contributed by atoms with Crippen LogP contribution in [-0.4, -0.2) is 19.8 Å². The Kier molecular flexibility index (Phi) is 7.68.